The molecule has 27 heavy (non-hydrogen) atoms. The molecule has 8 heteroatoms. The second-order valence-corrected chi connectivity index (χ2v) is 9.19. The van der Waals surface area contributed by atoms with Crippen molar-refractivity contribution in [1.82, 2.24) is 25.5 Å². The van der Waals surface area contributed by atoms with Crippen molar-refractivity contribution >= 4 is 28.6 Å². The lowest BCUT2D eigenvalue weighted by atomic mass is 9.97. The van der Waals surface area contributed by atoms with Crippen LogP contribution in [0.2, 0.25) is 0 Å². The Kier molecular flexibility index (Phi) is 7.60. The standard InChI is InChI=1S/C19H30N6S2/c1-14-23-17(12-26-14)4-7-21-19(20-3)22-10-16-5-8-25(9-6-16)11-18-13-27-15(2)24-18/h12-13,16H,4-11H2,1-3H3,(H2,20,21,22). The monoisotopic (exact) mass is 406 g/mol. The number of guanidine groups is 1. The van der Waals surface area contributed by atoms with E-state index in [9.17, 15) is 0 Å². The predicted molar refractivity (Wildman–Crippen MR) is 115 cm³/mol. The first-order valence-electron chi connectivity index (χ1n) is 9.61. The molecule has 0 spiro atoms. The summed E-state index contributed by atoms with van der Waals surface area (Å²) in [4.78, 5) is 15.9. The van der Waals surface area contributed by atoms with Gasteiger partial charge in [0.15, 0.2) is 5.96 Å². The number of nitrogens with zero attached hydrogens (tertiary/aromatic N) is 4. The molecule has 6 nitrogen and oxygen atoms in total. The summed E-state index contributed by atoms with van der Waals surface area (Å²) in [5.74, 6) is 1.60. The first-order chi connectivity index (χ1) is 13.1. The van der Waals surface area contributed by atoms with Gasteiger partial charge in [-0.05, 0) is 45.7 Å². The third kappa shape index (κ3) is 6.55. The molecule has 1 aliphatic heterocycles. The lowest BCUT2D eigenvalue weighted by Crippen LogP contribution is -2.43. The number of hydrogen-bond donors (Lipinski definition) is 2. The topological polar surface area (TPSA) is 65.4 Å². The molecule has 3 heterocycles. The zero-order chi connectivity index (χ0) is 19.1. The third-order valence-electron chi connectivity index (χ3n) is 4.88. The number of hydrogen-bond acceptors (Lipinski definition) is 6. The van der Waals surface area contributed by atoms with Gasteiger partial charge in [-0.3, -0.25) is 9.89 Å². The Hall–Kier alpha value is -1.51. The van der Waals surface area contributed by atoms with Crippen LogP contribution in [-0.2, 0) is 13.0 Å². The lowest BCUT2D eigenvalue weighted by molar-refractivity contribution is 0.176. The van der Waals surface area contributed by atoms with E-state index < -0.39 is 0 Å². The summed E-state index contributed by atoms with van der Waals surface area (Å²) in [7, 11) is 1.83. The molecule has 0 saturated carbocycles. The fraction of sp³-hybridized carbons (Fsp3) is 0.632. The van der Waals surface area contributed by atoms with Gasteiger partial charge in [0.2, 0.25) is 0 Å². The molecule has 1 saturated heterocycles. The van der Waals surface area contributed by atoms with E-state index in [1.807, 2.05) is 14.0 Å². The molecule has 3 rings (SSSR count). The van der Waals surface area contributed by atoms with Gasteiger partial charge in [-0.25, -0.2) is 9.97 Å². The van der Waals surface area contributed by atoms with Gasteiger partial charge in [-0.1, -0.05) is 0 Å². The highest BCUT2D eigenvalue weighted by Gasteiger charge is 2.20. The summed E-state index contributed by atoms with van der Waals surface area (Å²) < 4.78 is 0. The highest BCUT2D eigenvalue weighted by Crippen LogP contribution is 2.19. The SMILES string of the molecule is CN=C(NCCc1csc(C)n1)NCC1CCN(Cc2csc(C)n2)CC1. The van der Waals surface area contributed by atoms with E-state index in [1.165, 1.54) is 18.5 Å². The molecule has 0 bridgehead atoms. The van der Waals surface area contributed by atoms with Crippen LogP contribution in [0.4, 0.5) is 0 Å². The normalized spacial score (nSPS) is 16.6. The molecular weight excluding hydrogens is 376 g/mol. The molecule has 0 atom stereocenters. The van der Waals surface area contributed by atoms with Crippen LogP contribution in [0.1, 0.15) is 34.2 Å². The molecule has 1 fully saturated rings. The van der Waals surface area contributed by atoms with Gasteiger partial charge in [0.1, 0.15) is 0 Å². The minimum Gasteiger partial charge on any atom is -0.356 e. The maximum Gasteiger partial charge on any atom is 0.190 e. The molecule has 1 aliphatic rings. The van der Waals surface area contributed by atoms with Crippen LogP contribution >= 0.6 is 22.7 Å². The van der Waals surface area contributed by atoms with Gasteiger partial charge in [0.25, 0.3) is 0 Å². The van der Waals surface area contributed by atoms with Gasteiger partial charge < -0.3 is 10.6 Å². The Balaban J connectivity index is 1.32. The third-order valence-corrected chi connectivity index (χ3v) is 6.53. The molecule has 2 aromatic rings. The quantitative estimate of drug-likeness (QED) is 0.547. The van der Waals surface area contributed by atoms with E-state index in [4.69, 9.17) is 0 Å². The van der Waals surface area contributed by atoms with Crippen molar-refractivity contribution in [3.63, 3.8) is 0 Å². The van der Waals surface area contributed by atoms with Crippen LogP contribution in [0, 0.1) is 19.8 Å². The van der Waals surface area contributed by atoms with E-state index in [2.05, 4.69) is 48.2 Å². The summed E-state index contributed by atoms with van der Waals surface area (Å²) in [6, 6.07) is 0. The lowest BCUT2D eigenvalue weighted by Gasteiger charge is -2.31. The van der Waals surface area contributed by atoms with E-state index in [1.54, 1.807) is 22.7 Å². The Morgan fingerprint density at radius 2 is 1.78 bits per heavy atom. The average molecular weight is 407 g/mol. The molecule has 2 N–H and O–H groups in total. The number of aryl methyl sites for hydroxylation is 2. The molecule has 0 aromatic carbocycles. The first-order valence-corrected chi connectivity index (χ1v) is 11.4. The van der Waals surface area contributed by atoms with Gasteiger partial charge in [-0.15, -0.1) is 22.7 Å². The number of likely N-dealkylation sites (tertiary alicyclic amines) is 1. The minimum atomic E-state index is 0.707. The largest absolute Gasteiger partial charge is 0.356 e. The predicted octanol–water partition coefficient (Wildman–Crippen LogP) is 2.84. The molecule has 0 aliphatic carbocycles. The second-order valence-electron chi connectivity index (χ2n) is 7.07. The zero-order valence-corrected chi connectivity index (χ0v) is 18.1. The summed E-state index contributed by atoms with van der Waals surface area (Å²) in [6.45, 7) is 9.25. The van der Waals surface area contributed by atoms with Gasteiger partial charge in [0, 0.05) is 43.9 Å². The average Bonchev–Trinajstić information content (AvgIpc) is 3.27. The number of aliphatic imine (C=N–C) groups is 1. The van der Waals surface area contributed by atoms with E-state index in [-0.39, 0.29) is 0 Å². The van der Waals surface area contributed by atoms with Gasteiger partial charge in [0.05, 0.1) is 21.4 Å². The fourth-order valence-corrected chi connectivity index (χ4v) is 4.60. The number of rotatable bonds is 7. The number of thiazole rings is 2. The molecule has 0 amide bonds. The van der Waals surface area contributed by atoms with Crippen LogP contribution in [0.25, 0.3) is 0 Å². The molecule has 0 radical (unpaired) electrons. The number of nitrogens with one attached hydrogen (secondary N) is 2. The maximum atomic E-state index is 4.58. The number of aromatic nitrogens is 2. The highest BCUT2D eigenvalue weighted by atomic mass is 32.1. The van der Waals surface area contributed by atoms with Crippen molar-refractivity contribution in [2.45, 2.75) is 39.7 Å². The van der Waals surface area contributed by atoms with Gasteiger partial charge in [-0.2, -0.15) is 0 Å². The smallest absolute Gasteiger partial charge is 0.190 e. The Morgan fingerprint density at radius 3 is 2.37 bits per heavy atom. The summed E-state index contributed by atoms with van der Waals surface area (Å²) in [6.07, 6.45) is 3.38. The van der Waals surface area contributed by atoms with Gasteiger partial charge >= 0.3 is 0 Å². The zero-order valence-electron chi connectivity index (χ0n) is 16.5. The van der Waals surface area contributed by atoms with Crippen LogP contribution in [0.3, 0.4) is 0 Å². The molecule has 0 unspecified atom stereocenters. The fourth-order valence-electron chi connectivity index (χ4n) is 3.35. The van der Waals surface area contributed by atoms with Crippen molar-refractivity contribution < 1.29 is 0 Å². The minimum absolute atomic E-state index is 0.707. The summed E-state index contributed by atoms with van der Waals surface area (Å²) in [5, 5.41) is 13.5. The van der Waals surface area contributed by atoms with Crippen molar-refractivity contribution in [2.24, 2.45) is 10.9 Å². The van der Waals surface area contributed by atoms with Crippen LogP contribution in [0.15, 0.2) is 15.8 Å². The number of piperidine rings is 1. The molecular formula is C19H30N6S2. The van der Waals surface area contributed by atoms with Crippen molar-refractivity contribution in [1.29, 1.82) is 0 Å². The van der Waals surface area contributed by atoms with Crippen molar-refractivity contribution in [3.8, 4) is 0 Å². The highest BCUT2D eigenvalue weighted by molar-refractivity contribution is 7.09. The molecule has 2 aromatic heterocycles. The van der Waals surface area contributed by atoms with E-state index in [0.717, 1.165) is 60.8 Å². The van der Waals surface area contributed by atoms with Crippen LogP contribution in [0.5, 0.6) is 0 Å². The summed E-state index contributed by atoms with van der Waals surface area (Å²) >= 11 is 3.45. The second kappa shape index (κ2) is 10.1. The van der Waals surface area contributed by atoms with Crippen molar-refractivity contribution in [3.05, 3.63) is 32.2 Å². The Morgan fingerprint density at radius 1 is 1.11 bits per heavy atom. The first kappa shape index (κ1) is 20.2. The Labute approximate surface area is 170 Å². The summed E-state index contributed by atoms with van der Waals surface area (Å²) in [5.41, 5.74) is 2.37. The van der Waals surface area contributed by atoms with Crippen molar-refractivity contribution in [2.75, 3.05) is 33.2 Å². The maximum absolute atomic E-state index is 4.58. The van der Waals surface area contributed by atoms with Crippen LogP contribution in [-0.4, -0.2) is 54.1 Å². The van der Waals surface area contributed by atoms with E-state index in [0.29, 0.717) is 5.92 Å². The molecule has 148 valence electrons. The van der Waals surface area contributed by atoms with E-state index >= 15 is 0 Å². The Bertz CT molecular complexity index is 730. The van der Waals surface area contributed by atoms with Crippen LogP contribution < -0.4 is 10.6 Å².